The molecule has 0 aliphatic heterocycles. The molecule has 0 spiro atoms. The Morgan fingerprint density at radius 2 is 2.20 bits per heavy atom. The Labute approximate surface area is 65.2 Å². The van der Waals surface area contributed by atoms with Crippen LogP contribution >= 0.6 is 15.9 Å². The molecule has 0 fully saturated rings. The Morgan fingerprint density at radius 1 is 1.50 bits per heavy atom. The van der Waals surface area contributed by atoms with Crippen LogP contribution in [0.4, 0.5) is 8.78 Å². The first-order chi connectivity index (χ1) is 4.74. The molecule has 0 amide bonds. The van der Waals surface area contributed by atoms with Gasteiger partial charge in [-0.2, -0.15) is 4.39 Å². The van der Waals surface area contributed by atoms with E-state index < -0.39 is 11.8 Å². The van der Waals surface area contributed by atoms with Crippen LogP contribution in [0.25, 0.3) is 0 Å². The Bertz CT molecular complexity index is 239. The van der Waals surface area contributed by atoms with Gasteiger partial charge in [-0.05, 0) is 6.07 Å². The highest BCUT2D eigenvalue weighted by atomic mass is 79.9. The van der Waals surface area contributed by atoms with Gasteiger partial charge in [0.15, 0.2) is 0 Å². The number of hydrogen-bond donors (Lipinski definition) is 0. The molecule has 10 heavy (non-hydrogen) atoms. The first-order valence-electron chi connectivity index (χ1n) is 2.60. The Morgan fingerprint density at radius 3 is 2.70 bits per heavy atom. The lowest BCUT2D eigenvalue weighted by Crippen LogP contribution is -1.91. The third kappa shape index (κ3) is 1.50. The lowest BCUT2D eigenvalue weighted by molar-refractivity contribution is 0.550. The molecule has 0 aromatic carbocycles. The summed E-state index contributed by atoms with van der Waals surface area (Å²) in [4.78, 5) is 3.18. The number of pyridine rings is 1. The maximum Gasteiger partial charge on any atom is 0.217 e. The number of alkyl halides is 1. The Balaban J connectivity index is 3.09. The zero-order chi connectivity index (χ0) is 7.56. The van der Waals surface area contributed by atoms with Gasteiger partial charge in [-0.3, -0.25) is 0 Å². The van der Waals surface area contributed by atoms with Gasteiger partial charge in [-0.25, -0.2) is 9.37 Å². The predicted octanol–water partition coefficient (Wildman–Crippen LogP) is 2.25. The summed E-state index contributed by atoms with van der Waals surface area (Å²) in [5.41, 5.74) is 0.236. The quantitative estimate of drug-likeness (QED) is 0.509. The monoisotopic (exact) mass is 207 g/mol. The molecule has 0 unspecified atom stereocenters. The lowest BCUT2D eigenvalue weighted by Gasteiger charge is -1.94. The maximum absolute atomic E-state index is 12.5. The molecule has 0 atom stereocenters. The van der Waals surface area contributed by atoms with Crippen LogP contribution in [0.15, 0.2) is 12.3 Å². The van der Waals surface area contributed by atoms with E-state index in [2.05, 4.69) is 20.9 Å². The molecule has 1 rings (SSSR count). The van der Waals surface area contributed by atoms with E-state index in [4.69, 9.17) is 0 Å². The molecular formula is C6H4BrF2N. The van der Waals surface area contributed by atoms with Crippen molar-refractivity contribution < 1.29 is 8.78 Å². The van der Waals surface area contributed by atoms with Crippen LogP contribution in [-0.4, -0.2) is 4.98 Å². The molecule has 1 aromatic heterocycles. The third-order valence-corrected chi connectivity index (χ3v) is 1.63. The molecular weight excluding hydrogens is 204 g/mol. The summed E-state index contributed by atoms with van der Waals surface area (Å²) in [6.07, 6.45) is 0.849. The van der Waals surface area contributed by atoms with Crippen LogP contribution in [0.3, 0.4) is 0 Å². The van der Waals surface area contributed by atoms with Crippen LogP contribution in [-0.2, 0) is 5.33 Å². The number of aromatic nitrogens is 1. The van der Waals surface area contributed by atoms with E-state index >= 15 is 0 Å². The SMILES string of the molecule is Fc1cnc(F)c(CBr)c1. The van der Waals surface area contributed by atoms with Crippen molar-refractivity contribution in [2.24, 2.45) is 0 Å². The zero-order valence-corrected chi connectivity index (χ0v) is 6.53. The molecule has 1 heterocycles. The zero-order valence-electron chi connectivity index (χ0n) is 4.94. The second-order valence-electron chi connectivity index (χ2n) is 1.74. The molecule has 0 aliphatic rings. The fraction of sp³-hybridized carbons (Fsp3) is 0.167. The van der Waals surface area contributed by atoms with Crippen molar-refractivity contribution >= 4 is 15.9 Å². The van der Waals surface area contributed by atoms with Crippen molar-refractivity contribution in [1.82, 2.24) is 4.98 Å². The third-order valence-electron chi connectivity index (χ3n) is 1.02. The van der Waals surface area contributed by atoms with Gasteiger partial charge in [-0.1, -0.05) is 15.9 Å². The van der Waals surface area contributed by atoms with Crippen LogP contribution < -0.4 is 0 Å². The van der Waals surface area contributed by atoms with Crippen molar-refractivity contribution in [3.05, 3.63) is 29.6 Å². The standard InChI is InChI=1S/C6H4BrF2N/c7-2-4-1-5(8)3-10-6(4)9/h1,3H,2H2. The Kier molecular flexibility index (Phi) is 2.32. The van der Waals surface area contributed by atoms with Gasteiger partial charge < -0.3 is 0 Å². The molecule has 0 saturated carbocycles. The van der Waals surface area contributed by atoms with Gasteiger partial charge in [0.25, 0.3) is 0 Å². The highest BCUT2D eigenvalue weighted by Crippen LogP contribution is 2.09. The van der Waals surface area contributed by atoms with E-state index in [1.807, 2.05) is 0 Å². The molecule has 0 saturated heterocycles. The van der Waals surface area contributed by atoms with Crippen LogP contribution in [0.2, 0.25) is 0 Å². The number of rotatable bonds is 1. The van der Waals surface area contributed by atoms with Crippen molar-refractivity contribution in [3.8, 4) is 0 Å². The topological polar surface area (TPSA) is 12.9 Å². The number of nitrogens with zero attached hydrogens (tertiary/aromatic N) is 1. The van der Waals surface area contributed by atoms with Crippen LogP contribution in [0, 0.1) is 11.8 Å². The summed E-state index contributed by atoms with van der Waals surface area (Å²) < 4.78 is 24.7. The highest BCUT2D eigenvalue weighted by Gasteiger charge is 2.01. The highest BCUT2D eigenvalue weighted by molar-refractivity contribution is 9.08. The lowest BCUT2D eigenvalue weighted by atomic mass is 10.3. The van der Waals surface area contributed by atoms with Crippen molar-refractivity contribution in [2.75, 3.05) is 0 Å². The first-order valence-corrected chi connectivity index (χ1v) is 3.72. The van der Waals surface area contributed by atoms with E-state index in [0.29, 0.717) is 0 Å². The van der Waals surface area contributed by atoms with Gasteiger partial charge in [0.1, 0.15) is 5.82 Å². The molecule has 54 valence electrons. The van der Waals surface area contributed by atoms with Gasteiger partial charge in [0.2, 0.25) is 5.95 Å². The molecule has 1 aromatic rings. The largest absolute Gasteiger partial charge is 0.225 e. The fourth-order valence-electron chi connectivity index (χ4n) is 0.558. The number of halogens is 3. The summed E-state index contributed by atoms with van der Waals surface area (Å²) >= 11 is 3.00. The second-order valence-corrected chi connectivity index (χ2v) is 2.30. The average Bonchev–Trinajstić information content (AvgIpc) is 1.94. The van der Waals surface area contributed by atoms with Gasteiger partial charge in [-0.15, -0.1) is 0 Å². The molecule has 0 aliphatic carbocycles. The van der Waals surface area contributed by atoms with Crippen molar-refractivity contribution in [1.29, 1.82) is 0 Å². The first kappa shape index (κ1) is 7.60. The molecule has 0 bridgehead atoms. The summed E-state index contributed by atoms with van der Waals surface area (Å²) in [6, 6.07) is 1.11. The van der Waals surface area contributed by atoms with Crippen LogP contribution in [0.5, 0.6) is 0 Å². The van der Waals surface area contributed by atoms with Gasteiger partial charge in [0, 0.05) is 10.9 Å². The minimum absolute atomic E-state index is 0.236. The van der Waals surface area contributed by atoms with E-state index in [1.165, 1.54) is 0 Å². The van der Waals surface area contributed by atoms with Crippen molar-refractivity contribution in [3.63, 3.8) is 0 Å². The van der Waals surface area contributed by atoms with Gasteiger partial charge >= 0.3 is 0 Å². The predicted molar refractivity (Wildman–Crippen MR) is 36.8 cm³/mol. The summed E-state index contributed by atoms with van der Waals surface area (Å²) in [6.45, 7) is 0. The molecule has 0 N–H and O–H groups in total. The molecule has 1 nitrogen and oxygen atoms in total. The van der Waals surface area contributed by atoms with E-state index in [9.17, 15) is 8.78 Å². The van der Waals surface area contributed by atoms with Gasteiger partial charge in [0.05, 0.1) is 6.20 Å². The maximum atomic E-state index is 12.5. The van der Waals surface area contributed by atoms with E-state index in [0.717, 1.165) is 12.3 Å². The van der Waals surface area contributed by atoms with Crippen molar-refractivity contribution in [2.45, 2.75) is 5.33 Å². The summed E-state index contributed by atoms with van der Waals surface area (Å²) in [5.74, 6) is -1.14. The van der Waals surface area contributed by atoms with E-state index in [1.54, 1.807) is 0 Å². The molecule has 4 heteroatoms. The number of hydrogen-bond acceptors (Lipinski definition) is 1. The summed E-state index contributed by atoms with van der Waals surface area (Å²) in [7, 11) is 0. The Hall–Kier alpha value is -0.510. The second kappa shape index (κ2) is 3.05. The summed E-state index contributed by atoms with van der Waals surface area (Å²) in [5, 5.41) is 0.281. The normalized spacial score (nSPS) is 9.90. The fourth-order valence-corrected chi connectivity index (χ4v) is 0.951. The minimum atomic E-state index is -0.627. The molecule has 0 radical (unpaired) electrons. The smallest absolute Gasteiger partial charge is 0.217 e. The van der Waals surface area contributed by atoms with Crippen LogP contribution in [0.1, 0.15) is 5.56 Å². The minimum Gasteiger partial charge on any atom is -0.225 e. The van der Waals surface area contributed by atoms with E-state index in [-0.39, 0.29) is 10.9 Å². The average molecular weight is 208 g/mol.